The van der Waals surface area contributed by atoms with Crippen molar-refractivity contribution in [3.8, 4) is 5.75 Å². The summed E-state index contributed by atoms with van der Waals surface area (Å²) >= 11 is 1.50. The van der Waals surface area contributed by atoms with Crippen molar-refractivity contribution in [2.75, 3.05) is 0 Å². The average Bonchev–Trinajstić information content (AvgIpc) is 2.49. The highest BCUT2D eigenvalue weighted by Gasteiger charge is 2.13. The number of benzene rings is 1. The molecule has 2 N–H and O–H groups in total. The maximum Gasteiger partial charge on any atom is 0.141 e. The molecule has 1 aliphatic heterocycles. The summed E-state index contributed by atoms with van der Waals surface area (Å²) in [4.78, 5) is 0. The van der Waals surface area contributed by atoms with E-state index in [-0.39, 0.29) is 6.04 Å². The van der Waals surface area contributed by atoms with Gasteiger partial charge in [0.05, 0.1) is 17.8 Å². The van der Waals surface area contributed by atoms with E-state index in [0.717, 1.165) is 17.9 Å². The van der Waals surface area contributed by atoms with E-state index in [4.69, 9.17) is 9.92 Å². The van der Waals surface area contributed by atoms with Crippen LogP contribution >= 0.6 is 12.0 Å². The molecule has 3 heteroatoms. The molecule has 1 aliphatic rings. The van der Waals surface area contributed by atoms with Gasteiger partial charge in [0.1, 0.15) is 5.75 Å². The molecule has 1 unspecified atom stereocenters. The minimum Gasteiger partial charge on any atom is -0.425 e. The average molecular weight is 195 g/mol. The lowest BCUT2D eigenvalue weighted by atomic mass is 10.1. The zero-order valence-electron chi connectivity index (χ0n) is 7.62. The van der Waals surface area contributed by atoms with Crippen LogP contribution in [0.5, 0.6) is 5.75 Å². The van der Waals surface area contributed by atoms with Crippen LogP contribution in [0.25, 0.3) is 0 Å². The zero-order valence-corrected chi connectivity index (χ0v) is 8.43. The van der Waals surface area contributed by atoms with E-state index in [1.54, 1.807) is 0 Å². The Morgan fingerprint density at radius 1 is 1.62 bits per heavy atom. The predicted octanol–water partition coefficient (Wildman–Crippen LogP) is 2.12. The number of fused-ring (bicyclic) bond motifs is 1. The molecule has 0 radical (unpaired) electrons. The van der Waals surface area contributed by atoms with Crippen molar-refractivity contribution in [2.45, 2.75) is 25.1 Å². The fourth-order valence-corrected chi connectivity index (χ4v) is 2.16. The Balaban J connectivity index is 2.21. The lowest BCUT2D eigenvalue weighted by Crippen LogP contribution is -2.17. The van der Waals surface area contributed by atoms with Crippen molar-refractivity contribution in [1.29, 1.82) is 0 Å². The molecule has 0 spiro atoms. The second-order valence-corrected chi connectivity index (χ2v) is 4.16. The molecule has 0 aromatic heterocycles. The summed E-state index contributed by atoms with van der Waals surface area (Å²) in [5.41, 5.74) is 8.27. The van der Waals surface area contributed by atoms with Crippen molar-refractivity contribution < 1.29 is 4.18 Å². The van der Waals surface area contributed by atoms with Crippen LogP contribution < -0.4 is 9.92 Å². The third-order valence-electron chi connectivity index (χ3n) is 2.05. The van der Waals surface area contributed by atoms with E-state index in [1.165, 1.54) is 23.2 Å². The van der Waals surface area contributed by atoms with Crippen molar-refractivity contribution in [3.63, 3.8) is 0 Å². The summed E-state index contributed by atoms with van der Waals surface area (Å²) in [5.74, 6) is 1.98. The van der Waals surface area contributed by atoms with Crippen molar-refractivity contribution in [3.05, 3.63) is 29.3 Å². The Hall–Kier alpha value is -0.670. The molecule has 70 valence electrons. The maximum absolute atomic E-state index is 5.72. The van der Waals surface area contributed by atoms with E-state index >= 15 is 0 Å². The molecule has 2 rings (SSSR count). The first-order valence-corrected chi connectivity index (χ1v) is 5.33. The van der Waals surface area contributed by atoms with E-state index < -0.39 is 0 Å². The fourth-order valence-electron chi connectivity index (χ4n) is 1.45. The highest BCUT2D eigenvalue weighted by Crippen LogP contribution is 2.34. The number of nitrogens with two attached hydrogens (primary N) is 1. The van der Waals surface area contributed by atoms with Crippen LogP contribution in [-0.2, 0) is 12.2 Å². The molecule has 1 heterocycles. The van der Waals surface area contributed by atoms with Gasteiger partial charge in [0.2, 0.25) is 0 Å². The van der Waals surface area contributed by atoms with Gasteiger partial charge in [-0.05, 0) is 25.0 Å². The second-order valence-electron chi connectivity index (χ2n) is 3.47. The van der Waals surface area contributed by atoms with Crippen LogP contribution in [0, 0.1) is 0 Å². The lowest BCUT2D eigenvalue weighted by molar-refractivity contribution is 0.656. The highest BCUT2D eigenvalue weighted by molar-refractivity contribution is 7.94. The fraction of sp³-hybridized carbons (Fsp3) is 0.400. The van der Waals surface area contributed by atoms with Crippen molar-refractivity contribution in [2.24, 2.45) is 5.73 Å². The lowest BCUT2D eigenvalue weighted by Gasteiger charge is -2.06. The molecule has 0 amide bonds. The van der Waals surface area contributed by atoms with E-state index in [0.29, 0.717) is 0 Å². The van der Waals surface area contributed by atoms with E-state index in [2.05, 4.69) is 18.2 Å². The summed E-state index contributed by atoms with van der Waals surface area (Å²) in [6, 6.07) is 6.58. The van der Waals surface area contributed by atoms with Crippen LogP contribution in [0.1, 0.15) is 18.1 Å². The first kappa shape index (κ1) is 8.91. The van der Waals surface area contributed by atoms with Crippen LogP contribution in [0.15, 0.2) is 18.2 Å². The molecule has 1 aromatic carbocycles. The first-order chi connectivity index (χ1) is 6.25. The van der Waals surface area contributed by atoms with Gasteiger partial charge in [0.15, 0.2) is 0 Å². The quantitative estimate of drug-likeness (QED) is 0.734. The van der Waals surface area contributed by atoms with Gasteiger partial charge in [-0.1, -0.05) is 12.1 Å². The number of hydrogen-bond donors (Lipinski definition) is 1. The number of hydrogen-bond acceptors (Lipinski definition) is 3. The third-order valence-corrected chi connectivity index (χ3v) is 2.78. The smallest absolute Gasteiger partial charge is 0.141 e. The summed E-state index contributed by atoms with van der Waals surface area (Å²) < 4.78 is 5.40. The Morgan fingerprint density at radius 3 is 3.23 bits per heavy atom. The Morgan fingerprint density at radius 2 is 2.46 bits per heavy atom. The normalized spacial score (nSPS) is 16.5. The van der Waals surface area contributed by atoms with Gasteiger partial charge in [0, 0.05) is 11.6 Å². The molecule has 1 atom stereocenters. The predicted molar refractivity (Wildman–Crippen MR) is 55.7 cm³/mol. The molecule has 0 saturated carbocycles. The summed E-state index contributed by atoms with van der Waals surface area (Å²) in [6.45, 7) is 2.02. The van der Waals surface area contributed by atoms with Gasteiger partial charge in [-0.15, -0.1) is 0 Å². The van der Waals surface area contributed by atoms with Gasteiger partial charge in [-0.2, -0.15) is 0 Å². The van der Waals surface area contributed by atoms with Crippen molar-refractivity contribution in [1.82, 2.24) is 0 Å². The Kier molecular flexibility index (Phi) is 2.47. The van der Waals surface area contributed by atoms with E-state index in [9.17, 15) is 0 Å². The topological polar surface area (TPSA) is 35.2 Å². The Bertz CT molecular complexity index is 312. The van der Waals surface area contributed by atoms with Gasteiger partial charge >= 0.3 is 0 Å². The monoisotopic (exact) mass is 195 g/mol. The molecular weight excluding hydrogens is 182 g/mol. The second kappa shape index (κ2) is 3.60. The van der Waals surface area contributed by atoms with Crippen LogP contribution in [0.4, 0.5) is 0 Å². The van der Waals surface area contributed by atoms with Crippen LogP contribution in [-0.4, -0.2) is 6.04 Å². The summed E-state index contributed by atoms with van der Waals surface area (Å²) in [7, 11) is 0. The number of rotatable bonds is 2. The molecule has 0 fully saturated rings. The van der Waals surface area contributed by atoms with Crippen LogP contribution in [0.2, 0.25) is 0 Å². The minimum absolute atomic E-state index is 0.215. The van der Waals surface area contributed by atoms with Gasteiger partial charge in [-0.25, -0.2) is 0 Å². The molecule has 0 aliphatic carbocycles. The molecule has 1 aromatic rings. The van der Waals surface area contributed by atoms with Gasteiger partial charge in [-0.3, -0.25) is 0 Å². The zero-order chi connectivity index (χ0) is 9.26. The SMILES string of the molecule is CC(N)Cc1ccc2c(c1)OSC2. The maximum atomic E-state index is 5.72. The highest BCUT2D eigenvalue weighted by atomic mass is 32.2. The summed E-state index contributed by atoms with van der Waals surface area (Å²) in [5, 5.41) is 0. The molecule has 0 saturated heterocycles. The minimum atomic E-state index is 0.215. The third kappa shape index (κ3) is 1.98. The Labute approximate surface area is 82.7 Å². The van der Waals surface area contributed by atoms with E-state index in [1.807, 2.05) is 6.92 Å². The van der Waals surface area contributed by atoms with Gasteiger partial charge in [0.25, 0.3) is 0 Å². The molecule has 13 heavy (non-hydrogen) atoms. The molecule has 0 bridgehead atoms. The largest absolute Gasteiger partial charge is 0.425 e. The summed E-state index contributed by atoms with van der Waals surface area (Å²) in [6.07, 6.45) is 0.918. The van der Waals surface area contributed by atoms with Crippen LogP contribution in [0.3, 0.4) is 0 Å². The van der Waals surface area contributed by atoms with Crippen molar-refractivity contribution >= 4 is 12.0 Å². The molecular formula is C10H13NOS. The molecule has 2 nitrogen and oxygen atoms in total. The standard InChI is InChI=1S/C10H13NOS/c1-7(11)4-8-2-3-9-6-13-12-10(9)5-8/h2-3,5,7H,4,6,11H2,1H3. The first-order valence-electron chi connectivity index (χ1n) is 4.42. The van der Waals surface area contributed by atoms with Gasteiger partial charge < -0.3 is 9.92 Å².